The van der Waals surface area contributed by atoms with Gasteiger partial charge in [0.2, 0.25) is 0 Å². The van der Waals surface area contributed by atoms with Crippen molar-refractivity contribution in [3.05, 3.63) is 58.9 Å². The Morgan fingerprint density at radius 2 is 2.00 bits per heavy atom. The molecule has 0 aliphatic heterocycles. The second-order valence-corrected chi connectivity index (χ2v) is 3.10. The first kappa shape index (κ1) is 8.81. The number of hydrogen-bond donors (Lipinski definition) is 0. The zero-order valence-corrected chi connectivity index (χ0v) is 7.72. The first-order valence-electron chi connectivity index (χ1n) is 4.54. The van der Waals surface area contributed by atoms with E-state index in [0.717, 1.165) is 6.42 Å². The van der Waals surface area contributed by atoms with Gasteiger partial charge in [-0.05, 0) is 12.0 Å². The summed E-state index contributed by atoms with van der Waals surface area (Å²) in [6, 6.07) is 10.1. The molecule has 1 heterocycles. The second kappa shape index (κ2) is 3.96. The Hall–Kier alpha value is -1.77. The van der Waals surface area contributed by atoms with Crippen LogP contribution in [-0.2, 0) is 13.0 Å². The summed E-state index contributed by atoms with van der Waals surface area (Å²) in [4.78, 5) is 11.0. The molecule has 0 N–H and O–H groups in total. The summed E-state index contributed by atoms with van der Waals surface area (Å²) in [5, 5.41) is 0. The SMILES string of the molecule is O=c1occn1CCc1ccccc1. The van der Waals surface area contributed by atoms with Crippen LogP contribution in [0.25, 0.3) is 0 Å². The molecule has 1 aromatic carbocycles. The molecular formula is C11H11NO2. The van der Waals surface area contributed by atoms with E-state index in [4.69, 9.17) is 0 Å². The fraction of sp³-hybridized carbons (Fsp3) is 0.182. The van der Waals surface area contributed by atoms with Crippen LogP contribution in [0, 0.1) is 0 Å². The van der Waals surface area contributed by atoms with Crippen LogP contribution in [0.4, 0.5) is 0 Å². The molecule has 0 aliphatic carbocycles. The molecule has 0 fully saturated rings. The highest BCUT2D eigenvalue weighted by Crippen LogP contribution is 2.00. The highest BCUT2D eigenvalue weighted by molar-refractivity contribution is 5.14. The molecule has 0 atom stereocenters. The molecule has 0 saturated carbocycles. The van der Waals surface area contributed by atoms with Gasteiger partial charge in [-0.2, -0.15) is 0 Å². The summed E-state index contributed by atoms with van der Waals surface area (Å²) in [7, 11) is 0. The monoisotopic (exact) mass is 189 g/mol. The maximum atomic E-state index is 11.0. The lowest BCUT2D eigenvalue weighted by Crippen LogP contribution is -2.14. The third-order valence-corrected chi connectivity index (χ3v) is 2.13. The highest BCUT2D eigenvalue weighted by atomic mass is 16.4. The van der Waals surface area contributed by atoms with Gasteiger partial charge in [-0.3, -0.25) is 4.57 Å². The zero-order chi connectivity index (χ0) is 9.80. The Kier molecular flexibility index (Phi) is 2.49. The van der Waals surface area contributed by atoms with E-state index < -0.39 is 0 Å². The predicted molar refractivity (Wildman–Crippen MR) is 53.1 cm³/mol. The minimum absolute atomic E-state index is 0.291. The summed E-state index contributed by atoms with van der Waals surface area (Å²) in [6.45, 7) is 0.666. The van der Waals surface area contributed by atoms with Crippen LogP contribution < -0.4 is 5.76 Å². The molecule has 0 aliphatic rings. The van der Waals surface area contributed by atoms with E-state index in [9.17, 15) is 4.79 Å². The van der Waals surface area contributed by atoms with Crippen molar-refractivity contribution in [1.29, 1.82) is 0 Å². The van der Waals surface area contributed by atoms with Crippen molar-refractivity contribution in [3.63, 3.8) is 0 Å². The molecule has 14 heavy (non-hydrogen) atoms. The van der Waals surface area contributed by atoms with Gasteiger partial charge in [0.25, 0.3) is 0 Å². The van der Waals surface area contributed by atoms with E-state index in [1.54, 1.807) is 10.8 Å². The Morgan fingerprint density at radius 1 is 1.21 bits per heavy atom. The summed E-state index contributed by atoms with van der Waals surface area (Å²) < 4.78 is 6.22. The van der Waals surface area contributed by atoms with E-state index in [-0.39, 0.29) is 5.76 Å². The van der Waals surface area contributed by atoms with Gasteiger partial charge < -0.3 is 4.42 Å². The summed E-state index contributed by atoms with van der Waals surface area (Å²) in [5.41, 5.74) is 1.22. The van der Waals surface area contributed by atoms with Crippen LogP contribution in [0.15, 0.2) is 52.0 Å². The molecule has 2 aromatic rings. The van der Waals surface area contributed by atoms with Crippen LogP contribution in [0.5, 0.6) is 0 Å². The number of oxazole rings is 1. The van der Waals surface area contributed by atoms with E-state index in [2.05, 4.69) is 4.42 Å². The van der Waals surface area contributed by atoms with E-state index >= 15 is 0 Å². The van der Waals surface area contributed by atoms with Gasteiger partial charge in [0.05, 0.1) is 0 Å². The predicted octanol–water partition coefficient (Wildman–Crippen LogP) is 1.68. The fourth-order valence-corrected chi connectivity index (χ4v) is 1.35. The van der Waals surface area contributed by atoms with Gasteiger partial charge in [-0.15, -0.1) is 0 Å². The molecule has 0 radical (unpaired) electrons. The molecule has 0 bridgehead atoms. The number of rotatable bonds is 3. The third kappa shape index (κ3) is 1.93. The minimum atomic E-state index is -0.291. The van der Waals surface area contributed by atoms with Crippen LogP contribution in [0.3, 0.4) is 0 Å². The fourth-order valence-electron chi connectivity index (χ4n) is 1.35. The third-order valence-electron chi connectivity index (χ3n) is 2.13. The normalized spacial score (nSPS) is 10.3. The molecule has 3 nitrogen and oxygen atoms in total. The first-order chi connectivity index (χ1) is 6.86. The lowest BCUT2D eigenvalue weighted by atomic mass is 10.1. The Bertz CT molecular complexity index is 442. The highest BCUT2D eigenvalue weighted by Gasteiger charge is 1.97. The van der Waals surface area contributed by atoms with Crippen molar-refractivity contribution in [2.45, 2.75) is 13.0 Å². The topological polar surface area (TPSA) is 35.1 Å². The minimum Gasteiger partial charge on any atom is -0.416 e. The molecule has 3 heteroatoms. The first-order valence-corrected chi connectivity index (χ1v) is 4.54. The maximum absolute atomic E-state index is 11.0. The van der Waals surface area contributed by atoms with Crippen LogP contribution in [0.2, 0.25) is 0 Å². The van der Waals surface area contributed by atoms with Crippen molar-refractivity contribution in [2.75, 3.05) is 0 Å². The molecule has 2 rings (SSSR count). The van der Waals surface area contributed by atoms with Crippen LogP contribution in [-0.4, -0.2) is 4.57 Å². The molecule has 1 aromatic heterocycles. The summed E-state index contributed by atoms with van der Waals surface area (Å²) in [5.74, 6) is -0.291. The van der Waals surface area contributed by atoms with E-state index in [0.29, 0.717) is 6.54 Å². The quantitative estimate of drug-likeness (QED) is 0.736. The van der Waals surface area contributed by atoms with E-state index in [1.165, 1.54) is 11.8 Å². The zero-order valence-electron chi connectivity index (χ0n) is 7.72. The van der Waals surface area contributed by atoms with Crippen molar-refractivity contribution >= 4 is 0 Å². The Labute approximate surface area is 81.6 Å². The molecule has 0 saturated heterocycles. The number of hydrogen-bond acceptors (Lipinski definition) is 2. The lowest BCUT2D eigenvalue weighted by Gasteiger charge is -1.99. The average Bonchev–Trinajstić information content (AvgIpc) is 2.63. The van der Waals surface area contributed by atoms with Crippen molar-refractivity contribution in [1.82, 2.24) is 4.57 Å². The average molecular weight is 189 g/mol. The van der Waals surface area contributed by atoms with Crippen molar-refractivity contribution < 1.29 is 4.42 Å². The molecule has 0 unspecified atom stereocenters. The smallest absolute Gasteiger partial charge is 0.416 e. The lowest BCUT2D eigenvalue weighted by molar-refractivity contribution is 0.477. The molecule has 0 spiro atoms. The number of aromatic nitrogens is 1. The molecule has 72 valence electrons. The second-order valence-electron chi connectivity index (χ2n) is 3.10. The number of nitrogens with zero attached hydrogens (tertiary/aromatic N) is 1. The Balaban J connectivity index is 2.02. The van der Waals surface area contributed by atoms with Crippen LogP contribution >= 0.6 is 0 Å². The Morgan fingerprint density at radius 3 is 2.64 bits per heavy atom. The summed E-state index contributed by atoms with van der Waals surface area (Å²) >= 11 is 0. The van der Waals surface area contributed by atoms with Crippen molar-refractivity contribution in [3.8, 4) is 0 Å². The number of benzene rings is 1. The summed E-state index contributed by atoms with van der Waals surface area (Å²) in [6.07, 6.45) is 3.92. The molecular weight excluding hydrogens is 178 g/mol. The van der Waals surface area contributed by atoms with Crippen LogP contribution in [0.1, 0.15) is 5.56 Å². The van der Waals surface area contributed by atoms with Crippen molar-refractivity contribution in [2.24, 2.45) is 0 Å². The van der Waals surface area contributed by atoms with Gasteiger partial charge >= 0.3 is 5.76 Å². The van der Waals surface area contributed by atoms with Gasteiger partial charge in [-0.25, -0.2) is 4.79 Å². The van der Waals surface area contributed by atoms with E-state index in [1.807, 2.05) is 30.3 Å². The maximum Gasteiger partial charge on any atom is 0.418 e. The van der Waals surface area contributed by atoms with Gasteiger partial charge in [0.1, 0.15) is 6.26 Å². The standard InChI is InChI=1S/C11H11NO2/c13-11-12(8-9-14-11)7-6-10-4-2-1-3-5-10/h1-5,8-9H,6-7H2. The largest absolute Gasteiger partial charge is 0.418 e. The molecule has 0 amide bonds. The van der Waals surface area contributed by atoms with Gasteiger partial charge in [0.15, 0.2) is 0 Å². The number of aryl methyl sites for hydroxylation is 2. The van der Waals surface area contributed by atoms with Gasteiger partial charge in [-0.1, -0.05) is 30.3 Å². The van der Waals surface area contributed by atoms with Gasteiger partial charge in [0, 0.05) is 12.7 Å².